The highest BCUT2D eigenvalue weighted by Crippen LogP contribution is 2.28. The van der Waals surface area contributed by atoms with Crippen LogP contribution in [-0.2, 0) is 22.7 Å². The molecule has 0 aliphatic carbocycles. The van der Waals surface area contributed by atoms with Crippen molar-refractivity contribution in [3.05, 3.63) is 82.5 Å². The number of methoxy groups -OCH3 is 1. The van der Waals surface area contributed by atoms with E-state index in [0.717, 1.165) is 5.56 Å². The van der Waals surface area contributed by atoms with E-state index in [1.807, 2.05) is 47.9 Å². The molecule has 8 nitrogen and oxygen atoms in total. The molecule has 0 atom stereocenters. The molecule has 0 spiro atoms. The number of carbonyl (C=O) groups excluding carboxylic acids is 2. The summed E-state index contributed by atoms with van der Waals surface area (Å²) in [7, 11) is 1.52. The van der Waals surface area contributed by atoms with Gasteiger partial charge in [0.2, 0.25) is 5.91 Å². The van der Waals surface area contributed by atoms with Crippen molar-refractivity contribution in [2.75, 3.05) is 20.3 Å². The lowest BCUT2D eigenvalue weighted by Gasteiger charge is -2.15. The Morgan fingerprint density at radius 3 is 2.14 bits per heavy atom. The number of rotatable bonds is 9. The number of amides is 2. The van der Waals surface area contributed by atoms with Crippen molar-refractivity contribution < 1.29 is 19.1 Å². The van der Waals surface area contributed by atoms with Crippen LogP contribution in [0.4, 0.5) is 0 Å². The van der Waals surface area contributed by atoms with Crippen LogP contribution in [0.2, 0.25) is 0 Å². The van der Waals surface area contributed by atoms with Crippen LogP contribution in [0.5, 0.6) is 11.5 Å². The van der Waals surface area contributed by atoms with Crippen LogP contribution in [0.3, 0.4) is 0 Å². The van der Waals surface area contributed by atoms with Gasteiger partial charge in [-0.3, -0.25) is 14.4 Å². The molecule has 0 aliphatic rings. The molecule has 2 amide bonds. The molecule has 1 heterocycles. The first-order chi connectivity index (χ1) is 17.0. The second kappa shape index (κ2) is 10.7. The maximum Gasteiger partial charge on any atom is 0.257 e. The Morgan fingerprint density at radius 1 is 0.857 bits per heavy atom. The molecule has 0 bridgehead atoms. The molecule has 3 aromatic carbocycles. The van der Waals surface area contributed by atoms with E-state index in [-0.39, 0.29) is 36.9 Å². The molecule has 0 radical (unpaired) electrons. The number of benzene rings is 3. The molecule has 8 heteroatoms. The molecule has 35 heavy (non-hydrogen) atoms. The fraction of sp³-hybridized carbons (Fsp3) is 0.222. The van der Waals surface area contributed by atoms with Crippen LogP contribution in [0, 0.1) is 0 Å². The number of nitrogens with zero attached hydrogens (tertiary/aromatic N) is 1. The molecule has 0 fully saturated rings. The lowest BCUT2D eigenvalue weighted by atomic mass is 10.1. The molecular weight excluding hydrogens is 446 g/mol. The molecule has 0 saturated heterocycles. The minimum absolute atomic E-state index is 0.0468. The first kappa shape index (κ1) is 23.8. The zero-order valence-corrected chi connectivity index (χ0v) is 19.7. The number of carbonyl (C=O) groups is 2. The van der Waals surface area contributed by atoms with Crippen LogP contribution in [0.25, 0.3) is 21.8 Å². The normalized spacial score (nSPS) is 10.8. The second-order valence-electron chi connectivity index (χ2n) is 7.95. The van der Waals surface area contributed by atoms with Crippen molar-refractivity contribution in [3.8, 4) is 11.5 Å². The van der Waals surface area contributed by atoms with Gasteiger partial charge in [-0.25, -0.2) is 0 Å². The lowest BCUT2D eigenvalue weighted by molar-refractivity contribution is -0.123. The highest BCUT2D eigenvalue weighted by molar-refractivity contribution is 5.94. The summed E-state index contributed by atoms with van der Waals surface area (Å²) in [5, 5.41) is 6.75. The fourth-order valence-corrected chi connectivity index (χ4v) is 3.98. The molecular formula is C27H27N3O5. The van der Waals surface area contributed by atoms with Crippen LogP contribution in [-0.4, -0.2) is 36.6 Å². The Kier molecular flexibility index (Phi) is 7.30. The molecule has 2 N–H and O–H groups in total. The first-order valence-electron chi connectivity index (χ1n) is 11.3. The summed E-state index contributed by atoms with van der Waals surface area (Å²) >= 11 is 0. The van der Waals surface area contributed by atoms with Gasteiger partial charge in [0.1, 0.15) is 6.54 Å². The maximum atomic E-state index is 12.9. The van der Waals surface area contributed by atoms with Gasteiger partial charge in [0.05, 0.1) is 18.1 Å². The quantitative estimate of drug-likeness (QED) is 0.364. The zero-order chi connectivity index (χ0) is 24.8. The van der Waals surface area contributed by atoms with Crippen molar-refractivity contribution in [1.29, 1.82) is 0 Å². The number of hydrogen-bond donors (Lipinski definition) is 2. The van der Waals surface area contributed by atoms with Crippen molar-refractivity contribution in [3.63, 3.8) is 0 Å². The van der Waals surface area contributed by atoms with E-state index in [0.29, 0.717) is 39.8 Å². The molecule has 4 aromatic rings. The SMILES string of the molecule is CCNC(=O)COc1ccc(CNC(=O)Cn2c3ccccc3c(=O)c3ccccc32)cc1OC. The molecule has 1 aromatic heterocycles. The molecule has 180 valence electrons. The Bertz CT molecular complexity index is 1380. The first-order valence-corrected chi connectivity index (χ1v) is 11.3. The Hall–Kier alpha value is -4.33. The third kappa shape index (κ3) is 5.27. The van der Waals surface area contributed by atoms with Crippen molar-refractivity contribution in [2.45, 2.75) is 20.0 Å². The van der Waals surface area contributed by atoms with E-state index in [1.54, 1.807) is 30.3 Å². The monoisotopic (exact) mass is 473 g/mol. The van der Waals surface area contributed by atoms with E-state index < -0.39 is 0 Å². The average molecular weight is 474 g/mol. The summed E-state index contributed by atoms with van der Waals surface area (Å²) in [4.78, 5) is 37.4. The van der Waals surface area contributed by atoms with Crippen LogP contribution in [0.15, 0.2) is 71.5 Å². The van der Waals surface area contributed by atoms with Gasteiger partial charge < -0.3 is 24.7 Å². The van der Waals surface area contributed by atoms with E-state index in [9.17, 15) is 14.4 Å². The number of para-hydroxylation sites is 2. The number of pyridine rings is 1. The lowest BCUT2D eigenvalue weighted by Crippen LogP contribution is -2.28. The average Bonchev–Trinajstić information content (AvgIpc) is 2.89. The molecule has 0 unspecified atom stereocenters. The Morgan fingerprint density at radius 2 is 1.51 bits per heavy atom. The number of hydrogen-bond acceptors (Lipinski definition) is 5. The summed E-state index contributed by atoms with van der Waals surface area (Å²) in [6.07, 6.45) is 0. The van der Waals surface area contributed by atoms with Crippen LogP contribution in [0.1, 0.15) is 12.5 Å². The van der Waals surface area contributed by atoms with E-state index in [2.05, 4.69) is 10.6 Å². The number of fused-ring (bicyclic) bond motifs is 2. The zero-order valence-electron chi connectivity index (χ0n) is 19.7. The smallest absolute Gasteiger partial charge is 0.257 e. The number of likely N-dealkylation sites (N-methyl/N-ethyl adjacent to an activating group) is 1. The van der Waals surface area contributed by atoms with Crippen LogP contribution < -0.4 is 25.5 Å². The largest absolute Gasteiger partial charge is 0.493 e. The van der Waals surface area contributed by atoms with Gasteiger partial charge in [0, 0.05) is 23.9 Å². The predicted octanol–water partition coefficient (Wildman–Crippen LogP) is 2.99. The highest BCUT2D eigenvalue weighted by atomic mass is 16.5. The van der Waals surface area contributed by atoms with Crippen molar-refractivity contribution in [2.24, 2.45) is 0 Å². The molecule has 4 rings (SSSR count). The maximum absolute atomic E-state index is 12.9. The summed E-state index contributed by atoms with van der Waals surface area (Å²) in [6, 6.07) is 19.9. The van der Waals surface area contributed by atoms with Gasteiger partial charge in [0.15, 0.2) is 23.5 Å². The third-order valence-electron chi connectivity index (χ3n) is 5.63. The predicted molar refractivity (Wildman–Crippen MR) is 135 cm³/mol. The highest BCUT2D eigenvalue weighted by Gasteiger charge is 2.13. The number of ether oxygens (including phenoxy) is 2. The van der Waals surface area contributed by atoms with E-state index in [1.165, 1.54) is 7.11 Å². The van der Waals surface area contributed by atoms with Crippen LogP contribution >= 0.6 is 0 Å². The standard InChI is InChI=1S/C27H27N3O5/c1-3-28-26(32)17-35-23-13-12-18(14-24(23)34-2)15-29-25(31)16-30-21-10-6-4-8-19(21)27(33)20-9-5-7-11-22(20)30/h4-14H,3,15-17H2,1-2H3,(H,28,32)(H,29,31). The summed E-state index contributed by atoms with van der Waals surface area (Å²) in [5.74, 6) is 0.506. The summed E-state index contributed by atoms with van der Waals surface area (Å²) in [6.45, 7) is 2.60. The number of nitrogens with one attached hydrogen (secondary N) is 2. The third-order valence-corrected chi connectivity index (χ3v) is 5.63. The van der Waals surface area contributed by atoms with Gasteiger partial charge >= 0.3 is 0 Å². The molecule has 0 saturated carbocycles. The van der Waals surface area contributed by atoms with Gasteiger partial charge in [-0.2, -0.15) is 0 Å². The van der Waals surface area contributed by atoms with E-state index >= 15 is 0 Å². The topological polar surface area (TPSA) is 98.7 Å². The van der Waals surface area contributed by atoms with Crippen molar-refractivity contribution >= 4 is 33.6 Å². The van der Waals surface area contributed by atoms with Gasteiger partial charge in [-0.15, -0.1) is 0 Å². The summed E-state index contributed by atoms with van der Waals surface area (Å²) in [5.41, 5.74) is 2.19. The van der Waals surface area contributed by atoms with Gasteiger partial charge in [0.25, 0.3) is 5.91 Å². The summed E-state index contributed by atoms with van der Waals surface area (Å²) < 4.78 is 12.8. The number of aromatic nitrogens is 1. The van der Waals surface area contributed by atoms with Gasteiger partial charge in [-0.1, -0.05) is 30.3 Å². The minimum atomic E-state index is -0.214. The molecule has 0 aliphatic heterocycles. The van der Waals surface area contributed by atoms with Gasteiger partial charge in [-0.05, 0) is 48.9 Å². The van der Waals surface area contributed by atoms with Crippen molar-refractivity contribution in [1.82, 2.24) is 15.2 Å². The second-order valence-corrected chi connectivity index (χ2v) is 7.95. The Balaban J connectivity index is 1.49. The van der Waals surface area contributed by atoms with E-state index in [4.69, 9.17) is 9.47 Å². The minimum Gasteiger partial charge on any atom is -0.493 e. The Labute approximate surface area is 202 Å². The fourth-order valence-electron chi connectivity index (χ4n) is 3.98.